The molecule has 1 aromatic heterocycles. The summed E-state index contributed by atoms with van der Waals surface area (Å²) >= 11 is 4.98. The molecule has 1 saturated heterocycles. The molecular formula is C34H36BrNO5S. The lowest BCUT2D eigenvalue weighted by Gasteiger charge is -2.38. The van der Waals surface area contributed by atoms with Gasteiger partial charge in [0.2, 0.25) is 11.8 Å². The number of amides is 2. The number of phenols is 1. The minimum absolute atomic E-state index is 0.0432. The Morgan fingerprint density at radius 2 is 1.86 bits per heavy atom. The quantitative estimate of drug-likeness (QED) is 0.130. The number of aliphatic hydroxyl groups is 2. The van der Waals surface area contributed by atoms with Crippen LogP contribution in [-0.4, -0.2) is 44.7 Å². The summed E-state index contributed by atoms with van der Waals surface area (Å²) in [7, 11) is 0. The number of thiophene rings is 1. The first-order valence-corrected chi connectivity index (χ1v) is 16.0. The molecule has 2 aromatic carbocycles. The number of likely N-dealkylation sites (tertiary alicyclic amines) is 1. The van der Waals surface area contributed by atoms with Crippen LogP contribution in [0.2, 0.25) is 0 Å². The third-order valence-electron chi connectivity index (χ3n) is 8.51. The summed E-state index contributed by atoms with van der Waals surface area (Å²) in [6.45, 7) is 3.99. The number of benzene rings is 2. The largest absolute Gasteiger partial charge is 0.507 e. The summed E-state index contributed by atoms with van der Waals surface area (Å²) in [5.74, 6) is -2.08. The number of hydrogen-bond donors (Lipinski definition) is 3. The third kappa shape index (κ3) is 6.18. The van der Waals surface area contributed by atoms with Crippen molar-refractivity contribution < 1.29 is 24.9 Å². The van der Waals surface area contributed by atoms with Gasteiger partial charge in [-0.2, -0.15) is 0 Å². The lowest BCUT2D eigenvalue weighted by molar-refractivity contribution is -0.140. The van der Waals surface area contributed by atoms with Gasteiger partial charge in [0.25, 0.3) is 0 Å². The second-order valence-corrected chi connectivity index (χ2v) is 13.3. The first-order valence-electron chi connectivity index (χ1n) is 14.3. The molecule has 0 radical (unpaired) electrons. The minimum atomic E-state index is -0.905. The molecule has 1 fully saturated rings. The number of halogens is 1. The highest BCUT2D eigenvalue weighted by molar-refractivity contribution is 9.10. The van der Waals surface area contributed by atoms with Crippen LogP contribution < -0.4 is 0 Å². The van der Waals surface area contributed by atoms with Crippen molar-refractivity contribution in [3.05, 3.63) is 97.7 Å². The summed E-state index contributed by atoms with van der Waals surface area (Å²) in [5, 5.41) is 34.8. The molecule has 42 heavy (non-hydrogen) atoms. The maximum Gasteiger partial charge on any atom is 0.234 e. The molecule has 0 saturated carbocycles. The van der Waals surface area contributed by atoms with Crippen LogP contribution in [0.3, 0.4) is 0 Å². The molecule has 2 amide bonds. The van der Waals surface area contributed by atoms with E-state index >= 15 is 0 Å². The Bertz CT molecular complexity index is 1500. The van der Waals surface area contributed by atoms with Crippen molar-refractivity contribution in [3.63, 3.8) is 0 Å². The number of aliphatic hydroxyl groups excluding tert-OH is 2. The van der Waals surface area contributed by atoms with Crippen LogP contribution in [0.1, 0.15) is 49.1 Å². The number of imide groups is 1. The predicted octanol–water partition coefficient (Wildman–Crippen LogP) is 6.66. The molecule has 1 aliphatic carbocycles. The Morgan fingerprint density at radius 1 is 1.10 bits per heavy atom. The molecule has 220 valence electrons. The zero-order chi connectivity index (χ0) is 30.0. The number of fused-ring (bicyclic) bond motifs is 1. The summed E-state index contributed by atoms with van der Waals surface area (Å²) in [4.78, 5) is 29.4. The van der Waals surface area contributed by atoms with Gasteiger partial charge in [0, 0.05) is 20.8 Å². The molecule has 3 aromatic rings. The van der Waals surface area contributed by atoms with E-state index in [9.17, 15) is 24.9 Å². The Hall–Kier alpha value is -3.04. The van der Waals surface area contributed by atoms with Crippen molar-refractivity contribution in [2.75, 3.05) is 6.61 Å². The number of carbonyl (C=O) groups excluding carboxylic acids is 2. The lowest BCUT2D eigenvalue weighted by Crippen LogP contribution is -2.39. The second kappa shape index (κ2) is 13.1. The summed E-state index contributed by atoms with van der Waals surface area (Å²) in [6, 6.07) is 18.9. The molecule has 0 unspecified atom stereocenters. The molecule has 2 heterocycles. The van der Waals surface area contributed by atoms with Crippen LogP contribution >= 0.6 is 27.3 Å². The van der Waals surface area contributed by atoms with Crippen molar-refractivity contribution in [1.82, 2.24) is 4.90 Å². The second-order valence-electron chi connectivity index (χ2n) is 11.4. The van der Waals surface area contributed by atoms with E-state index in [1.54, 1.807) is 12.1 Å². The van der Waals surface area contributed by atoms with Crippen LogP contribution in [0.25, 0.3) is 11.6 Å². The first-order chi connectivity index (χ1) is 20.2. The van der Waals surface area contributed by atoms with E-state index in [1.807, 2.05) is 73.8 Å². The summed E-state index contributed by atoms with van der Waals surface area (Å²) in [6.07, 6.45) is 2.29. The smallest absolute Gasteiger partial charge is 0.234 e. The molecule has 2 aliphatic rings. The topological polar surface area (TPSA) is 98.1 Å². The molecule has 4 atom stereocenters. The molecule has 0 spiro atoms. The van der Waals surface area contributed by atoms with E-state index in [0.717, 1.165) is 26.1 Å². The summed E-state index contributed by atoms with van der Waals surface area (Å²) in [5.41, 5.74) is 4.24. The molecule has 6 nitrogen and oxygen atoms in total. The monoisotopic (exact) mass is 649 g/mol. The van der Waals surface area contributed by atoms with Crippen LogP contribution in [0.5, 0.6) is 5.75 Å². The standard InChI is InChI=1S/C34H36BrNO5S/c1-20(2)26-17-27-32(34(41)36(33(27)40)18-25-9-6-14-42-25)28(19-37)31(26)30(39)12-10-22(21-7-4-3-5-8-21)15-23-16-24(35)11-13-29(23)38/h3-9,11,13-16,20,27-28,30,32,37-39H,10,12,17-19H2,1-2H3/b22-15-/t27-,28+,30-,32-/m1/s1. The number of hydrogen-bond acceptors (Lipinski definition) is 6. The minimum Gasteiger partial charge on any atom is -0.507 e. The van der Waals surface area contributed by atoms with E-state index in [0.29, 0.717) is 30.4 Å². The number of aromatic hydroxyl groups is 1. The van der Waals surface area contributed by atoms with E-state index in [1.165, 1.54) is 16.2 Å². The van der Waals surface area contributed by atoms with Gasteiger partial charge in [0.05, 0.1) is 31.1 Å². The van der Waals surface area contributed by atoms with Crippen molar-refractivity contribution >= 4 is 50.7 Å². The molecular weight excluding hydrogens is 614 g/mol. The zero-order valence-electron chi connectivity index (χ0n) is 23.7. The maximum atomic E-state index is 13.7. The Balaban J connectivity index is 1.44. The van der Waals surface area contributed by atoms with Crippen LogP contribution in [0, 0.1) is 23.7 Å². The average molecular weight is 651 g/mol. The van der Waals surface area contributed by atoms with Gasteiger partial charge < -0.3 is 15.3 Å². The van der Waals surface area contributed by atoms with Gasteiger partial charge >= 0.3 is 0 Å². The van der Waals surface area contributed by atoms with Crippen molar-refractivity contribution in [2.24, 2.45) is 23.7 Å². The highest BCUT2D eigenvalue weighted by Crippen LogP contribution is 2.48. The van der Waals surface area contributed by atoms with Crippen molar-refractivity contribution in [3.8, 4) is 5.75 Å². The Kier molecular flexibility index (Phi) is 9.47. The Labute approximate surface area is 259 Å². The van der Waals surface area contributed by atoms with Gasteiger partial charge in [0.15, 0.2) is 0 Å². The molecule has 1 aliphatic heterocycles. The normalized spacial score (nSPS) is 21.8. The van der Waals surface area contributed by atoms with Gasteiger partial charge in [-0.15, -0.1) is 11.3 Å². The van der Waals surface area contributed by atoms with Gasteiger partial charge in [-0.25, -0.2) is 0 Å². The Morgan fingerprint density at radius 3 is 2.52 bits per heavy atom. The van der Waals surface area contributed by atoms with E-state index in [2.05, 4.69) is 15.9 Å². The zero-order valence-corrected chi connectivity index (χ0v) is 26.1. The van der Waals surface area contributed by atoms with E-state index in [-0.39, 0.29) is 36.6 Å². The van der Waals surface area contributed by atoms with Gasteiger partial charge in [0.1, 0.15) is 5.75 Å². The number of allylic oxidation sites excluding steroid dienone is 2. The molecule has 0 bridgehead atoms. The lowest BCUT2D eigenvalue weighted by atomic mass is 9.66. The van der Waals surface area contributed by atoms with Gasteiger partial charge in [-0.05, 0) is 77.6 Å². The third-order valence-corrected chi connectivity index (χ3v) is 9.86. The van der Waals surface area contributed by atoms with Gasteiger partial charge in [-0.3, -0.25) is 14.5 Å². The highest BCUT2D eigenvalue weighted by atomic mass is 79.9. The van der Waals surface area contributed by atoms with Crippen LogP contribution in [-0.2, 0) is 16.1 Å². The maximum absolute atomic E-state index is 13.7. The van der Waals surface area contributed by atoms with Crippen LogP contribution in [0.15, 0.2) is 81.7 Å². The van der Waals surface area contributed by atoms with E-state index < -0.39 is 23.9 Å². The summed E-state index contributed by atoms with van der Waals surface area (Å²) < 4.78 is 0.845. The fourth-order valence-electron chi connectivity index (χ4n) is 6.45. The fraction of sp³-hybridized carbons (Fsp3) is 0.353. The van der Waals surface area contributed by atoms with E-state index in [4.69, 9.17) is 0 Å². The van der Waals surface area contributed by atoms with Crippen molar-refractivity contribution in [1.29, 1.82) is 0 Å². The van der Waals surface area contributed by atoms with Gasteiger partial charge in [-0.1, -0.05) is 71.7 Å². The molecule has 5 rings (SSSR count). The molecule has 3 N–H and O–H groups in total. The van der Waals surface area contributed by atoms with Crippen LogP contribution in [0.4, 0.5) is 0 Å². The van der Waals surface area contributed by atoms with Crippen molar-refractivity contribution in [2.45, 2.75) is 45.8 Å². The fourth-order valence-corrected chi connectivity index (χ4v) is 7.52. The highest BCUT2D eigenvalue weighted by Gasteiger charge is 2.55. The number of phenolic OH excluding ortho intramolecular Hbond substituents is 1. The number of nitrogens with zero attached hydrogens (tertiary/aromatic N) is 1. The predicted molar refractivity (Wildman–Crippen MR) is 169 cm³/mol. The SMILES string of the molecule is CC(C)C1=C([C@H](O)CC/C(=C/c2cc(Br)ccc2O)c2ccccc2)[C@H](CO)[C@@H]2C(=O)N(Cc3cccs3)C(=O)[C@@H]2C1. The average Bonchev–Trinajstić information content (AvgIpc) is 3.59. The number of carbonyl (C=O) groups is 2. The number of rotatable bonds is 10. The first kappa shape index (κ1) is 30.4. The molecule has 8 heteroatoms.